The maximum Gasteiger partial charge on any atom is 0.326 e. The van der Waals surface area contributed by atoms with E-state index in [1.54, 1.807) is 20.3 Å². The number of ether oxygens (including phenoxy) is 2. The summed E-state index contributed by atoms with van der Waals surface area (Å²) in [6.07, 6.45) is 10.1. The van der Waals surface area contributed by atoms with Gasteiger partial charge in [0.2, 0.25) is 0 Å². The third-order valence-electron chi connectivity index (χ3n) is 7.25. The normalized spacial score (nSPS) is 18.3. The molecule has 8 heteroatoms. The van der Waals surface area contributed by atoms with Gasteiger partial charge in [0.05, 0.1) is 31.5 Å². The van der Waals surface area contributed by atoms with Crippen LogP contribution in [0.5, 0.6) is 11.5 Å². The highest BCUT2D eigenvalue weighted by atomic mass is 16.5. The molecule has 0 bridgehead atoms. The number of carbonyl (C=O) groups excluding carboxylic acids is 1. The van der Waals surface area contributed by atoms with Crippen LogP contribution in [0.1, 0.15) is 80.7 Å². The van der Waals surface area contributed by atoms with Crippen LogP contribution in [0.4, 0.5) is 0 Å². The second kappa shape index (κ2) is 10.9. The number of carbonyl (C=O) groups is 2. The number of nitrogens with zero attached hydrogens (tertiary/aromatic N) is 2. The molecule has 1 atom stereocenters. The third kappa shape index (κ3) is 5.05. The molecule has 0 radical (unpaired) electrons. The summed E-state index contributed by atoms with van der Waals surface area (Å²) in [6.45, 7) is 0. The molecular formula is C26H35N3O5. The van der Waals surface area contributed by atoms with Gasteiger partial charge in [0.15, 0.2) is 5.69 Å². The first kappa shape index (κ1) is 24.1. The summed E-state index contributed by atoms with van der Waals surface area (Å²) in [4.78, 5) is 25.3. The highest BCUT2D eigenvalue weighted by molar-refractivity contribution is 5.96. The zero-order chi connectivity index (χ0) is 24.1. The summed E-state index contributed by atoms with van der Waals surface area (Å²) in [7, 11) is 3.21. The number of hydrogen-bond donors (Lipinski definition) is 2. The lowest BCUT2D eigenvalue weighted by atomic mass is 9.84. The molecule has 2 saturated carbocycles. The molecule has 1 heterocycles. The number of aromatic nitrogens is 2. The Kier molecular flexibility index (Phi) is 7.75. The lowest BCUT2D eigenvalue weighted by Gasteiger charge is -2.27. The van der Waals surface area contributed by atoms with Crippen LogP contribution in [0.25, 0.3) is 11.3 Å². The van der Waals surface area contributed by atoms with Crippen LogP contribution in [0.15, 0.2) is 24.3 Å². The summed E-state index contributed by atoms with van der Waals surface area (Å²) in [5.74, 6) is -0.228. The molecule has 0 saturated heterocycles. The number of rotatable bonds is 8. The van der Waals surface area contributed by atoms with Crippen molar-refractivity contribution in [3.8, 4) is 22.8 Å². The topological polar surface area (TPSA) is 103 Å². The SMILES string of the molecule is COc1cccc(OC)c1-c1cc(C(=O)NC(C(=O)O)C2CCCCC2)nn1C1CCCCC1. The molecule has 4 rings (SSSR count). The Morgan fingerprint density at radius 2 is 1.59 bits per heavy atom. The van der Waals surface area contributed by atoms with E-state index in [4.69, 9.17) is 14.6 Å². The van der Waals surface area contributed by atoms with Gasteiger partial charge in [-0.2, -0.15) is 5.10 Å². The smallest absolute Gasteiger partial charge is 0.326 e. The Morgan fingerprint density at radius 3 is 2.15 bits per heavy atom. The molecule has 0 aliphatic heterocycles. The van der Waals surface area contributed by atoms with Crippen LogP contribution >= 0.6 is 0 Å². The van der Waals surface area contributed by atoms with Gasteiger partial charge in [-0.1, -0.05) is 44.6 Å². The third-order valence-corrected chi connectivity index (χ3v) is 7.25. The van der Waals surface area contributed by atoms with Gasteiger partial charge in [-0.05, 0) is 49.8 Å². The maximum atomic E-state index is 13.3. The molecule has 0 spiro atoms. The standard InChI is InChI=1S/C26H35N3O5/c1-33-21-14-9-15-22(34-2)23(21)20-16-19(28-29(20)18-12-7-4-8-13-18)25(30)27-24(26(31)32)17-10-5-3-6-11-17/h9,14-18,24H,3-8,10-13H2,1-2H3,(H,27,30)(H,31,32). The molecule has 2 fully saturated rings. The number of carboxylic acids is 1. The van der Waals surface area contributed by atoms with E-state index >= 15 is 0 Å². The second-order valence-electron chi connectivity index (χ2n) is 9.38. The van der Waals surface area contributed by atoms with Crippen molar-refractivity contribution < 1.29 is 24.2 Å². The van der Waals surface area contributed by atoms with Crippen molar-refractivity contribution in [2.24, 2.45) is 5.92 Å². The van der Waals surface area contributed by atoms with Gasteiger partial charge < -0.3 is 19.9 Å². The highest BCUT2D eigenvalue weighted by Gasteiger charge is 2.33. The number of carboxylic acid groups (broad SMARTS) is 1. The zero-order valence-electron chi connectivity index (χ0n) is 20.1. The minimum Gasteiger partial charge on any atom is -0.496 e. The van der Waals surface area contributed by atoms with Crippen LogP contribution in [0.3, 0.4) is 0 Å². The lowest BCUT2D eigenvalue weighted by Crippen LogP contribution is -2.46. The van der Waals surface area contributed by atoms with Gasteiger partial charge in [0.25, 0.3) is 5.91 Å². The van der Waals surface area contributed by atoms with Crippen LogP contribution < -0.4 is 14.8 Å². The Bertz CT molecular complexity index is 984. The fourth-order valence-corrected chi connectivity index (χ4v) is 5.46. The van der Waals surface area contributed by atoms with Crippen molar-refractivity contribution in [3.05, 3.63) is 30.0 Å². The minimum atomic E-state index is -0.987. The summed E-state index contributed by atoms with van der Waals surface area (Å²) < 4.78 is 13.2. The van der Waals surface area contributed by atoms with E-state index in [0.29, 0.717) is 11.5 Å². The van der Waals surface area contributed by atoms with E-state index in [9.17, 15) is 14.7 Å². The summed E-state index contributed by atoms with van der Waals surface area (Å²) in [6, 6.07) is 6.57. The first-order chi connectivity index (χ1) is 16.5. The summed E-state index contributed by atoms with van der Waals surface area (Å²) in [5.41, 5.74) is 1.71. The van der Waals surface area contributed by atoms with Crippen molar-refractivity contribution in [2.75, 3.05) is 14.2 Å². The molecule has 1 unspecified atom stereocenters. The van der Waals surface area contributed by atoms with E-state index in [-0.39, 0.29) is 17.7 Å². The maximum absolute atomic E-state index is 13.3. The second-order valence-corrected chi connectivity index (χ2v) is 9.38. The number of benzene rings is 1. The Hall–Kier alpha value is -3.03. The number of hydrogen-bond acceptors (Lipinski definition) is 5. The van der Waals surface area contributed by atoms with Gasteiger partial charge in [0.1, 0.15) is 17.5 Å². The van der Waals surface area contributed by atoms with Crippen LogP contribution in [0.2, 0.25) is 0 Å². The molecule has 2 aliphatic carbocycles. The van der Waals surface area contributed by atoms with Gasteiger partial charge in [-0.15, -0.1) is 0 Å². The molecule has 1 amide bonds. The Balaban J connectivity index is 1.71. The van der Waals surface area contributed by atoms with Crippen molar-refractivity contribution >= 4 is 11.9 Å². The Morgan fingerprint density at radius 1 is 1.00 bits per heavy atom. The average Bonchev–Trinajstić information content (AvgIpc) is 3.32. The van der Waals surface area contributed by atoms with Crippen LogP contribution in [0, 0.1) is 5.92 Å². The zero-order valence-corrected chi connectivity index (χ0v) is 20.1. The van der Waals surface area contributed by atoms with Gasteiger partial charge >= 0.3 is 5.97 Å². The van der Waals surface area contributed by atoms with E-state index in [2.05, 4.69) is 5.32 Å². The first-order valence-corrected chi connectivity index (χ1v) is 12.4. The Labute approximate surface area is 200 Å². The number of nitrogens with one attached hydrogen (secondary N) is 1. The molecule has 184 valence electrons. The fraction of sp³-hybridized carbons (Fsp3) is 0.577. The quantitative estimate of drug-likeness (QED) is 0.574. The van der Waals surface area contributed by atoms with Crippen LogP contribution in [-0.2, 0) is 4.79 Å². The summed E-state index contributed by atoms with van der Waals surface area (Å²) >= 11 is 0. The predicted octanol–water partition coefficient (Wildman–Crippen LogP) is 4.84. The molecule has 2 N–H and O–H groups in total. The van der Waals surface area contributed by atoms with Gasteiger partial charge in [-0.25, -0.2) is 4.79 Å². The number of amides is 1. The largest absolute Gasteiger partial charge is 0.496 e. The van der Waals surface area contributed by atoms with E-state index in [1.807, 2.05) is 22.9 Å². The molecule has 1 aromatic heterocycles. The average molecular weight is 470 g/mol. The van der Waals surface area contributed by atoms with E-state index in [0.717, 1.165) is 69.0 Å². The van der Waals surface area contributed by atoms with Crippen molar-refractivity contribution in [2.45, 2.75) is 76.3 Å². The van der Waals surface area contributed by atoms with E-state index < -0.39 is 17.9 Å². The molecule has 2 aliphatic rings. The lowest BCUT2D eigenvalue weighted by molar-refractivity contribution is -0.141. The van der Waals surface area contributed by atoms with E-state index in [1.165, 1.54) is 6.42 Å². The van der Waals surface area contributed by atoms with Gasteiger partial charge in [-0.3, -0.25) is 9.48 Å². The molecular weight excluding hydrogens is 434 g/mol. The van der Waals surface area contributed by atoms with Gasteiger partial charge in [0, 0.05) is 0 Å². The predicted molar refractivity (Wildman–Crippen MR) is 128 cm³/mol. The van der Waals surface area contributed by atoms with Crippen molar-refractivity contribution in [3.63, 3.8) is 0 Å². The van der Waals surface area contributed by atoms with Crippen molar-refractivity contribution in [1.29, 1.82) is 0 Å². The fourth-order valence-electron chi connectivity index (χ4n) is 5.46. The van der Waals surface area contributed by atoms with Crippen molar-refractivity contribution in [1.82, 2.24) is 15.1 Å². The monoisotopic (exact) mass is 469 g/mol. The molecule has 1 aromatic carbocycles. The number of methoxy groups -OCH3 is 2. The molecule has 2 aromatic rings. The highest BCUT2D eigenvalue weighted by Crippen LogP contribution is 2.41. The molecule has 8 nitrogen and oxygen atoms in total. The minimum absolute atomic E-state index is 0.0515. The van der Waals surface area contributed by atoms with Crippen LogP contribution in [-0.4, -0.2) is 47.0 Å². The summed E-state index contributed by atoms with van der Waals surface area (Å²) in [5, 5.41) is 17.3. The first-order valence-electron chi connectivity index (χ1n) is 12.4. The molecule has 34 heavy (non-hydrogen) atoms. The number of aliphatic carboxylic acids is 1.